The van der Waals surface area contributed by atoms with Crippen LogP contribution in [-0.4, -0.2) is 16.6 Å². The molecule has 1 rings (SSSR count). The highest BCUT2D eigenvalue weighted by Gasteiger charge is 2.00. The lowest BCUT2D eigenvalue weighted by Crippen LogP contribution is -1.81. The summed E-state index contributed by atoms with van der Waals surface area (Å²) in [5.74, 6) is 2.47. The molecule has 0 amide bonds. The first-order valence-corrected chi connectivity index (χ1v) is 5.02. The smallest absolute Gasteiger partial charge is 0.0395 e. The van der Waals surface area contributed by atoms with Gasteiger partial charge in [-0.15, -0.1) is 11.8 Å². The molecule has 1 fully saturated rings. The van der Waals surface area contributed by atoms with E-state index >= 15 is 0 Å². The van der Waals surface area contributed by atoms with Gasteiger partial charge in [0, 0.05) is 10.8 Å². The molecule has 0 aromatic carbocycles. The Morgan fingerprint density at radius 1 is 1.38 bits per heavy atom. The third kappa shape index (κ3) is 2.14. The van der Waals surface area contributed by atoms with Crippen molar-refractivity contribution < 1.29 is 0 Å². The van der Waals surface area contributed by atoms with E-state index in [1.807, 2.05) is 23.5 Å². The molecule has 0 bridgehead atoms. The highest BCUT2D eigenvalue weighted by molar-refractivity contribution is 8.16. The summed E-state index contributed by atoms with van der Waals surface area (Å²) < 4.78 is 0. The average Bonchev–Trinajstić information content (AvgIpc) is 1.94. The van der Waals surface area contributed by atoms with Crippen LogP contribution in [0.5, 0.6) is 0 Å². The van der Waals surface area contributed by atoms with Crippen molar-refractivity contribution >= 4 is 23.5 Å². The Balaban J connectivity index is 2.27. The summed E-state index contributed by atoms with van der Waals surface area (Å²) in [6.45, 7) is 3.94. The molecule has 0 nitrogen and oxygen atoms in total. The molecule has 1 heterocycles. The molecule has 0 spiro atoms. The maximum atomic E-state index is 3.94. The molecule has 2 heteroatoms. The highest BCUT2D eigenvalue weighted by Crippen LogP contribution is 2.22. The number of rotatable bonds is 0. The van der Waals surface area contributed by atoms with E-state index in [-0.39, 0.29) is 0 Å². The molecule has 1 aliphatic rings. The molecule has 1 saturated heterocycles. The molecule has 1 aliphatic heterocycles. The Morgan fingerprint density at radius 3 is 3.12 bits per heavy atom. The lowest BCUT2D eigenvalue weighted by molar-refractivity contribution is 1.14. The van der Waals surface area contributed by atoms with Gasteiger partial charge in [0.1, 0.15) is 0 Å². The zero-order chi connectivity index (χ0) is 5.82. The van der Waals surface area contributed by atoms with Crippen LogP contribution in [-0.2, 0) is 0 Å². The quantitative estimate of drug-likeness (QED) is 0.481. The molecule has 8 heavy (non-hydrogen) atoms. The second-order valence-electron chi connectivity index (χ2n) is 1.87. The van der Waals surface area contributed by atoms with Gasteiger partial charge in [-0.1, -0.05) is 12.2 Å². The van der Waals surface area contributed by atoms with Crippen LogP contribution in [0.2, 0.25) is 0 Å². The van der Waals surface area contributed by atoms with Crippen LogP contribution in [0, 0.1) is 0 Å². The molecular formula is C6H10S2. The zero-order valence-corrected chi connectivity index (χ0v) is 6.49. The van der Waals surface area contributed by atoms with Crippen molar-refractivity contribution in [3.8, 4) is 0 Å². The minimum atomic E-state index is 1.19. The number of hydrogen-bond donors (Lipinski definition) is 0. The van der Waals surface area contributed by atoms with Gasteiger partial charge in [-0.05, 0) is 12.2 Å². The molecule has 0 aromatic heterocycles. The van der Waals surface area contributed by atoms with E-state index in [2.05, 4.69) is 6.58 Å². The highest BCUT2D eigenvalue weighted by atomic mass is 32.2. The normalized spacial score (nSPS) is 22.8. The summed E-state index contributed by atoms with van der Waals surface area (Å²) in [7, 11) is 0. The van der Waals surface area contributed by atoms with Crippen molar-refractivity contribution in [1.82, 2.24) is 0 Å². The third-order valence-electron chi connectivity index (χ3n) is 1.07. The number of hydrogen-bond acceptors (Lipinski definition) is 2. The van der Waals surface area contributed by atoms with Gasteiger partial charge in [-0.3, -0.25) is 0 Å². The van der Waals surface area contributed by atoms with Gasteiger partial charge >= 0.3 is 0 Å². The minimum absolute atomic E-state index is 1.19. The molecule has 0 aromatic rings. The molecular weight excluding hydrogens is 136 g/mol. The maximum absolute atomic E-state index is 3.94. The molecule has 0 unspecified atom stereocenters. The lowest BCUT2D eigenvalue weighted by Gasteiger charge is -1.93. The van der Waals surface area contributed by atoms with Crippen molar-refractivity contribution in [2.75, 3.05) is 16.6 Å². The van der Waals surface area contributed by atoms with Gasteiger partial charge in [0.25, 0.3) is 0 Å². The topological polar surface area (TPSA) is 0 Å². The summed E-state index contributed by atoms with van der Waals surface area (Å²) in [6, 6.07) is 0. The Kier molecular flexibility index (Phi) is 2.84. The second-order valence-corrected chi connectivity index (χ2v) is 4.33. The average molecular weight is 146 g/mol. The molecule has 0 saturated carbocycles. The predicted molar refractivity (Wildman–Crippen MR) is 43.5 cm³/mol. The summed E-state index contributed by atoms with van der Waals surface area (Å²) in [4.78, 5) is 0. The Morgan fingerprint density at radius 2 is 2.25 bits per heavy atom. The van der Waals surface area contributed by atoms with E-state index in [4.69, 9.17) is 0 Å². The largest absolute Gasteiger partial charge is 0.151 e. The Labute approximate surface area is 59.1 Å². The zero-order valence-electron chi connectivity index (χ0n) is 4.85. The fourth-order valence-electron chi connectivity index (χ4n) is 0.593. The van der Waals surface area contributed by atoms with E-state index in [1.54, 1.807) is 0 Å². The van der Waals surface area contributed by atoms with E-state index < -0.39 is 0 Å². The van der Waals surface area contributed by atoms with E-state index in [9.17, 15) is 0 Å². The van der Waals surface area contributed by atoms with Gasteiger partial charge in [0.05, 0.1) is 0 Å². The molecule has 0 N–H and O–H groups in total. The molecule has 0 radical (unpaired) electrons. The third-order valence-corrected chi connectivity index (χ3v) is 3.51. The van der Waals surface area contributed by atoms with Gasteiger partial charge < -0.3 is 0 Å². The monoisotopic (exact) mass is 146 g/mol. The van der Waals surface area contributed by atoms with Crippen molar-refractivity contribution in [2.24, 2.45) is 0 Å². The van der Waals surface area contributed by atoms with Crippen molar-refractivity contribution in [3.05, 3.63) is 12.2 Å². The molecule has 0 atom stereocenters. The summed E-state index contributed by atoms with van der Waals surface area (Å²) in [5.41, 5.74) is 1.42. The first-order chi connectivity index (χ1) is 3.89. The van der Waals surface area contributed by atoms with Crippen LogP contribution in [0.3, 0.4) is 0 Å². The van der Waals surface area contributed by atoms with Crippen LogP contribution in [0.1, 0.15) is 6.42 Å². The lowest BCUT2D eigenvalue weighted by atomic mass is 10.3. The van der Waals surface area contributed by atoms with Crippen molar-refractivity contribution in [3.63, 3.8) is 0 Å². The van der Waals surface area contributed by atoms with Gasteiger partial charge in [0.2, 0.25) is 0 Å². The fraction of sp³-hybridized carbons (Fsp3) is 0.667. The standard InChI is InChI=1S/C6H10S2/c1-6-2-3-7-5-8-4-6/h1-5H2. The molecule has 46 valence electrons. The van der Waals surface area contributed by atoms with Crippen LogP contribution in [0.15, 0.2) is 12.2 Å². The van der Waals surface area contributed by atoms with E-state index in [0.29, 0.717) is 0 Å². The minimum Gasteiger partial charge on any atom is -0.151 e. The fourth-order valence-corrected chi connectivity index (χ4v) is 2.73. The van der Waals surface area contributed by atoms with E-state index in [0.717, 1.165) is 0 Å². The number of thioether (sulfide) groups is 2. The molecule has 0 aliphatic carbocycles. The second kappa shape index (κ2) is 3.46. The van der Waals surface area contributed by atoms with Crippen molar-refractivity contribution in [2.45, 2.75) is 6.42 Å². The first-order valence-electron chi connectivity index (χ1n) is 2.72. The Bertz CT molecular complexity index is 78.5. The van der Waals surface area contributed by atoms with Gasteiger partial charge in [0.15, 0.2) is 0 Å². The van der Waals surface area contributed by atoms with Crippen LogP contribution in [0.4, 0.5) is 0 Å². The Hall–Kier alpha value is 0.440. The summed E-state index contributed by atoms with van der Waals surface area (Å²) in [6.07, 6.45) is 1.23. The van der Waals surface area contributed by atoms with Crippen LogP contribution in [0.25, 0.3) is 0 Å². The van der Waals surface area contributed by atoms with Crippen molar-refractivity contribution in [1.29, 1.82) is 0 Å². The predicted octanol–water partition coefficient (Wildman–Crippen LogP) is 2.37. The van der Waals surface area contributed by atoms with Gasteiger partial charge in [-0.25, -0.2) is 0 Å². The SMILES string of the molecule is C=C1CCSCSC1. The maximum Gasteiger partial charge on any atom is 0.0395 e. The summed E-state index contributed by atoms with van der Waals surface area (Å²) in [5, 5.41) is 1.26. The van der Waals surface area contributed by atoms with Gasteiger partial charge in [-0.2, -0.15) is 11.8 Å². The van der Waals surface area contributed by atoms with Crippen LogP contribution < -0.4 is 0 Å². The van der Waals surface area contributed by atoms with E-state index in [1.165, 1.54) is 28.6 Å². The summed E-state index contributed by atoms with van der Waals surface area (Å²) >= 11 is 4.01. The first kappa shape index (κ1) is 6.56. The van der Waals surface area contributed by atoms with Crippen LogP contribution >= 0.6 is 23.5 Å².